The Hall–Kier alpha value is -1.79. The predicted octanol–water partition coefficient (Wildman–Crippen LogP) is 3.53. The molecule has 0 amide bonds. The first-order chi connectivity index (χ1) is 9.15. The van der Waals surface area contributed by atoms with Crippen molar-refractivity contribution in [1.82, 2.24) is 15.2 Å². The summed E-state index contributed by atoms with van der Waals surface area (Å²) in [5, 5.41) is 10.3. The number of nitrogens with zero attached hydrogens (tertiary/aromatic N) is 3. The van der Waals surface area contributed by atoms with E-state index in [1.54, 1.807) is 11.3 Å². The SMILES string of the molecule is Cc1ccccc1-c1nc(C)c(-c2nnc(N)s2)s1. The maximum absolute atomic E-state index is 5.64. The number of aryl methyl sites for hydroxylation is 2. The second-order valence-corrected chi connectivity index (χ2v) is 6.20. The molecule has 2 heterocycles. The molecule has 4 nitrogen and oxygen atoms in total. The molecule has 0 spiro atoms. The molecule has 0 aliphatic rings. The highest BCUT2D eigenvalue weighted by Gasteiger charge is 2.15. The number of anilines is 1. The van der Waals surface area contributed by atoms with Gasteiger partial charge in [0.25, 0.3) is 0 Å². The molecular formula is C13H12N4S2. The van der Waals surface area contributed by atoms with Crippen LogP contribution in [-0.4, -0.2) is 15.2 Å². The molecule has 19 heavy (non-hydrogen) atoms. The molecule has 0 saturated heterocycles. The highest BCUT2D eigenvalue weighted by Crippen LogP contribution is 2.37. The molecule has 0 radical (unpaired) electrons. The Morgan fingerprint density at radius 1 is 1.00 bits per heavy atom. The van der Waals surface area contributed by atoms with Crippen LogP contribution in [0.4, 0.5) is 5.13 Å². The van der Waals surface area contributed by atoms with Crippen molar-refractivity contribution in [3.63, 3.8) is 0 Å². The van der Waals surface area contributed by atoms with Crippen molar-refractivity contribution in [2.24, 2.45) is 0 Å². The van der Waals surface area contributed by atoms with Crippen LogP contribution >= 0.6 is 22.7 Å². The molecule has 2 aromatic heterocycles. The van der Waals surface area contributed by atoms with Crippen LogP contribution in [0.2, 0.25) is 0 Å². The molecule has 0 unspecified atom stereocenters. The number of hydrogen-bond donors (Lipinski definition) is 1. The Labute approximate surface area is 119 Å². The zero-order valence-corrected chi connectivity index (χ0v) is 12.2. The fraction of sp³-hybridized carbons (Fsp3) is 0.154. The lowest BCUT2D eigenvalue weighted by Gasteiger charge is -1.99. The van der Waals surface area contributed by atoms with Crippen LogP contribution in [0.3, 0.4) is 0 Å². The molecule has 0 fully saturated rings. The summed E-state index contributed by atoms with van der Waals surface area (Å²) in [7, 11) is 0. The Balaban J connectivity index is 2.10. The lowest BCUT2D eigenvalue weighted by molar-refractivity contribution is 1.10. The van der Waals surface area contributed by atoms with Crippen LogP contribution in [0.15, 0.2) is 24.3 Å². The van der Waals surface area contributed by atoms with Gasteiger partial charge >= 0.3 is 0 Å². The van der Waals surface area contributed by atoms with E-state index in [0.717, 1.165) is 20.6 Å². The second-order valence-electron chi connectivity index (χ2n) is 4.19. The van der Waals surface area contributed by atoms with E-state index in [1.165, 1.54) is 22.5 Å². The minimum absolute atomic E-state index is 0.486. The molecule has 6 heteroatoms. The van der Waals surface area contributed by atoms with Gasteiger partial charge in [0.05, 0.1) is 10.6 Å². The van der Waals surface area contributed by atoms with E-state index in [0.29, 0.717) is 5.13 Å². The number of benzene rings is 1. The van der Waals surface area contributed by atoms with Gasteiger partial charge in [-0.1, -0.05) is 35.6 Å². The number of rotatable bonds is 2. The summed E-state index contributed by atoms with van der Waals surface area (Å²) in [6, 6.07) is 8.24. The monoisotopic (exact) mass is 288 g/mol. The van der Waals surface area contributed by atoms with Gasteiger partial charge in [0, 0.05) is 5.56 Å². The van der Waals surface area contributed by atoms with E-state index in [9.17, 15) is 0 Å². The Kier molecular flexibility index (Phi) is 3.04. The van der Waals surface area contributed by atoms with Crippen molar-refractivity contribution in [3.05, 3.63) is 35.5 Å². The number of hydrogen-bond acceptors (Lipinski definition) is 6. The van der Waals surface area contributed by atoms with E-state index < -0.39 is 0 Å². The zero-order valence-electron chi connectivity index (χ0n) is 10.5. The van der Waals surface area contributed by atoms with Crippen LogP contribution < -0.4 is 5.73 Å². The van der Waals surface area contributed by atoms with E-state index in [-0.39, 0.29) is 0 Å². The molecule has 3 rings (SSSR count). The summed E-state index contributed by atoms with van der Waals surface area (Å²) in [5.41, 5.74) is 9.00. The van der Waals surface area contributed by atoms with Crippen LogP contribution in [0.1, 0.15) is 11.3 Å². The maximum atomic E-state index is 5.64. The van der Waals surface area contributed by atoms with Gasteiger partial charge in [-0.15, -0.1) is 21.5 Å². The number of thiazole rings is 1. The standard InChI is InChI=1S/C13H12N4S2/c1-7-5-3-4-6-9(7)11-15-8(2)10(18-11)12-16-17-13(14)19-12/h3-6H,1-2H3,(H2,14,17). The normalized spacial score (nSPS) is 10.8. The average Bonchev–Trinajstić information content (AvgIpc) is 2.96. The van der Waals surface area contributed by atoms with Crippen LogP contribution in [-0.2, 0) is 0 Å². The molecule has 96 valence electrons. The lowest BCUT2D eigenvalue weighted by Crippen LogP contribution is -1.81. The Bertz CT molecular complexity index is 730. The van der Waals surface area contributed by atoms with E-state index in [1.807, 2.05) is 19.1 Å². The largest absolute Gasteiger partial charge is 0.374 e. The quantitative estimate of drug-likeness (QED) is 0.783. The Morgan fingerprint density at radius 2 is 1.79 bits per heavy atom. The molecular weight excluding hydrogens is 276 g/mol. The van der Waals surface area contributed by atoms with Gasteiger partial charge in [-0.05, 0) is 19.4 Å². The molecule has 0 bridgehead atoms. The van der Waals surface area contributed by atoms with E-state index in [4.69, 9.17) is 5.73 Å². The van der Waals surface area contributed by atoms with Gasteiger partial charge in [-0.2, -0.15) is 0 Å². The molecule has 3 aromatic rings. The molecule has 0 atom stereocenters. The summed E-state index contributed by atoms with van der Waals surface area (Å²) in [6.45, 7) is 4.08. The van der Waals surface area contributed by atoms with Gasteiger partial charge in [0.2, 0.25) is 5.13 Å². The van der Waals surface area contributed by atoms with Gasteiger partial charge in [-0.3, -0.25) is 0 Å². The Morgan fingerprint density at radius 3 is 2.47 bits per heavy atom. The summed E-state index contributed by atoms with van der Waals surface area (Å²) in [5.74, 6) is 0. The number of aromatic nitrogens is 3. The third-order valence-corrected chi connectivity index (χ3v) is 4.90. The number of nitrogens with two attached hydrogens (primary N) is 1. The first kappa shape index (κ1) is 12.3. The van der Waals surface area contributed by atoms with Crippen molar-refractivity contribution in [2.75, 3.05) is 5.73 Å². The maximum Gasteiger partial charge on any atom is 0.203 e. The highest BCUT2D eigenvalue weighted by atomic mass is 32.1. The molecule has 1 aromatic carbocycles. The molecule has 0 aliphatic heterocycles. The topological polar surface area (TPSA) is 64.7 Å². The third-order valence-electron chi connectivity index (χ3n) is 2.81. The average molecular weight is 288 g/mol. The minimum atomic E-state index is 0.486. The van der Waals surface area contributed by atoms with Crippen LogP contribution in [0.5, 0.6) is 0 Å². The van der Waals surface area contributed by atoms with Crippen molar-refractivity contribution < 1.29 is 0 Å². The van der Waals surface area contributed by atoms with Crippen molar-refractivity contribution in [2.45, 2.75) is 13.8 Å². The fourth-order valence-electron chi connectivity index (χ4n) is 1.85. The van der Waals surface area contributed by atoms with Crippen molar-refractivity contribution in [3.8, 4) is 20.5 Å². The first-order valence-electron chi connectivity index (χ1n) is 5.78. The van der Waals surface area contributed by atoms with Crippen molar-refractivity contribution >= 4 is 27.8 Å². The summed E-state index contributed by atoms with van der Waals surface area (Å²) >= 11 is 3.03. The second kappa shape index (κ2) is 4.71. The first-order valence-corrected chi connectivity index (χ1v) is 7.41. The number of nitrogen functional groups attached to an aromatic ring is 1. The highest BCUT2D eigenvalue weighted by molar-refractivity contribution is 7.24. The summed E-state index contributed by atoms with van der Waals surface area (Å²) in [6.07, 6.45) is 0. The van der Waals surface area contributed by atoms with Gasteiger partial charge in [0.15, 0.2) is 5.01 Å². The minimum Gasteiger partial charge on any atom is -0.374 e. The molecule has 2 N–H and O–H groups in total. The van der Waals surface area contributed by atoms with Crippen molar-refractivity contribution in [1.29, 1.82) is 0 Å². The van der Waals surface area contributed by atoms with Gasteiger partial charge < -0.3 is 5.73 Å². The van der Waals surface area contributed by atoms with Gasteiger partial charge in [0.1, 0.15) is 5.01 Å². The molecule has 0 aliphatic carbocycles. The zero-order chi connectivity index (χ0) is 13.4. The molecule has 0 saturated carbocycles. The summed E-state index contributed by atoms with van der Waals surface area (Å²) in [4.78, 5) is 5.69. The van der Waals surface area contributed by atoms with E-state index >= 15 is 0 Å². The van der Waals surface area contributed by atoms with Crippen LogP contribution in [0, 0.1) is 13.8 Å². The van der Waals surface area contributed by atoms with Gasteiger partial charge in [-0.25, -0.2) is 4.98 Å². The predicted molar refractivity (Wildman–Crippen MR) is 80.3 cm³/mol. The third kappa shape index (κ3) is 2.24. The lowest BCUT2D eigenvalue weighted by atomic mass is 10.1. The smallest absolute Gasteiger partial charge is 0.203 e. The summed E-state index contributed by atoms with van der Waals surface area (Å²) < 4.78 is 0. The fourth-order valence-corrected chi connectivity index (χ4v) is 3.74. The van der Waals surface area contributed by atoms with E-state index in [2.05, 4.69) is 34.2 Å². The van der Waals surface area contributed by atoms with Crippen LogP contribution in [0.25, 0.3) is 20.5 Å².